The van der Waals surface area contributed by atoms with Crippen molar-refractivity contribution >= 4 is 22.5 Å². The van der Waals surface area contributed by atoms with E-state index in [-0.39, 0.29) is 16.4 Å². The minimum atomic E-state index is -0.946. The van der Waals surface area contributed by atoms with Gasteiger partial charge in [0.15, 0.2) is 0 Å². The number of rotatable bonds is 3. The Morgan fingerprint density at radius 1 is 0.767 bits per heavy atom. The van der Waals surface area contributed by atoms with Crippen molar-refractivity contribution in [3.05, 3.63) is 82.4 Å². The second kappa shape index (κ2) is 6.98. The predicted molar refractivity (Wildman–Crippen MR) is 120 cm³/mol. The molecule has 1 aliphatic rings. The Bertz CT molecular complexity index is 1190. The van der Waals surface area contributed by atoms with Gasteiger partial charge >= 0.3 is 5.97 Å². The van der Waals surface area contributed by atoms with Gasteiger partial charge in [-0.15, -0.1) is 0 Å². The molecule has 0 bridgehead atoms. The number of benzene rings is 3. The van der Waals surface area contributed by atoms with Crippen molar-refractivity contribution in [2.45, 2.75) is 51.4 Å². The van der Waals surface area contributed by atoms with Crippen LogP contribution in [0.3, 0.4) is 0 Å². The van der Waals surface area contributed by atoms with E-state index >= 15 is 0 Å². The van der Waals surface area contributed by atoms with Crippen LogP contribution in [0.1, 0.15) is 73.1 Å². The molecule has 2 N–H and O–H groups in total. The first-order valence-corrected chi connectivity index (χ1v) is 10.3. The molecule has 0 saturated heterocycles. The van der Waals surface area contributed by atoms with Gasteiger partial charge in [-0.3, -0.25) is 0 Å². The standard InChI is InChI=1S/C26H27NO3/c1-25(2)11-12-26(3,4)22-15-19(9-10-21(22)25)23(27-30)18-7-5-17-14-20(24(28)29)8-6-16(17)13-18/h5-10,13-15,30H,11-12H2,1-4H3,(H,28,29)/b27-23+. The maximum atomic E-state index is 11.2. The van der Waals surface area contributed by atoms with Crippen molar-refractivity contribution in [3.63, 3.8) is 0 Å². The second-order valence-electron chi connectivity index (χ2n) is 9.56. The molecule has 0 amide bonds. The van der Waals surface area contributed by atoms with Crippen LogP contribution in [-0.4, -0.2) is 22.0 Å². The summed E-state index contributed by atoms with van der Waals surface area (Å²) in [5, 5.41) is 24.4. The summed E-state index contributed by atoms with van der Waals surface area (Å²) in [6, 6.07) is 17.1. The summed E-state index contributed by atoms with van der Waals surface area (Å²) >= 11 is 0. The summed E-state index contributed by atoms with van der Waals surface area (Å²) in [5.41, 5.74) is 5.31. The fourth-order valence-electron chi connectivity index (χ4n) is 4.54. The Morgan fingerprint density at radius 2 is 1.27 bits per heavy atom. The van der Waals surface area contributed by atoms with Gasteiger partial charge < -0.3 is 10.3 Å². The molecule has 0 saturated carbocycles. The lowest BCUT2D eigenvalue weighted by atomic mass is 9.63. The van der Waals surface area contributed by atoms with Crippen LogP contribution >= 0.6 is 0 Å². The number of hydrogen-bond acceptors (Lipinski definition) is 3. The van der Waals surface area contributed by atoms with Gasteiger partial charge in [0.05, 0.1) is 5.56 Å². The molecule has 0 radical (unpaired) electrons. The van der Waals surface area contributed by atoms with E-state index < -0.39 is 5.97 Å². The van der Waals surface area contributed by atoms with E-state index in [1.807, 2.05) is 24.3 Å². The van der Waals surface area contributed by atoms with Crippen LogP contribution < -0.4 is 0 Å². The van der Waals surface area contributed by atoms with Crippen LogP contribution in [0.15, 0.2) is 59.8 Å². The molecule has 0 atom stereocenters. The number of hydrogen-bond donors (Lipinski definition) is 2. The molecule has 0 spiro atoms. The number of nitrogens with zero attached hydrogens (tertiary/aromatic N) is 1. The highest BCUT2D eigenvalue weighted by molar-refractivity contribution is 6.14. The lowest BCUT2D eigenvalue weighted by Crippen LogP contribution is -2.34. The number of oxime groups is 1. The summed E-state index contributed by atoms with van der Waals surface area (Å²) in [6.45, 7) is 9.13. The topological polar surface area (TPSA) is 69.9 Å². The molecule has 4 heteroatoms. The molecule has 4 rings (SSSR count). The molecule has 0 aliphatic heterocycles. The van der Waals surface area contributed by atoms with E-state index in [4.69, 9.17) is 0 Å². The van der Waals surface area contributed by atoms with Crippen LogP contribution in [0, 0.1) is 0 Å². The molecule has 154 valence electrons. The lowest BCUT2D eigenvalue weighted by Gasteiger charge is -2.42. The first kappa shape index (κ1) is 20.1. The monoisotopic (exact) mass is 401 g/mol. The van der Waals surface area contributed by atoms with Crippen molar-refractivity contribution in [3.8, 4) is 0 Å². The normalized spacial score (nSPS) is 17.5. The molecule has 3 aromatic rings. The Balaban J connectivity index is 1.80. The van der Waals surface area contributed by atoms with E-state index in [2.05, 4.69) is 45.0 Å². The van der Waals surface area contributed by atoms with Crippen molar-refractivity contribution in [1.29, 1.82) is 0 Å². The molecule has 30 heavy (non-hydrogen) atoms. The SMILES string of the molecule is CC1(C)CCC(C)(C)c2cc(/C(=N/O)c3ccc4cc(C(=O)O)ccc4c3)ccc21. The van der Waals surface area contributed by atoms with Gasteiger partial charge in [0.1, 0.15) is 5.71 Å². The first-order valence-electron chi connectivity index (χ1n) is 10.3. The number of fused-ring (bicyclic) bond motifs is 2. The summed E-state index contributed by atoms with van der Waals surface area (Å²) in [4.78, 5) is 11.2. The molecule has 3 aromatic carbocycles. The van der Waals surface area contributed by atoms with Gasteiger partial charge in [0.25, 0.3) is 0 Å². The third-order valence-corrected chi connectivity index (χ3v) is 6.59. The van der Waals surface area contributed by atoms with Crippen molar-refractivity contribution in [1.82, 2.24) is 0 Å². The fourth-order valence-corrected chi connectivity index (χ4v) is 4.54. The molecule has 4 nitrogen and oxygen atoms in total. The zero-order valence-corrected chi connectivity index (χ0v) is 17.9. The third-order valence-electron chi connectivity index (χ3n) is 6.59. The number of carbonyl (C=O) groups is 1. The predicted octanol–water partition coefficient (Wildman–Crippen LogP) is 6.11. The van der Waals surface area contributed by atoms with Crippen LogP contribution in [0.2, 0.25) is 0 Å². The number of carboxylic acids is 1. The van der Waals surface area contributed by atoms with Gasteiger partial charge in [-0.2, -0.15) is 0 Å². The highest BCUT2D eigenvalue weighted by atomic mass is 16.4. The fraction of sp³-hybridized carbons (Fsp3) is 0.308. The minimum absolute atomic E-state index is 0.0675. The van der Waals surface area contributed by atoms with Crippen LogP contribution in [0.4, 0.5) is 0 Å². The molecule has 1 aliphatic carbocycles. The van der Waals surface area contributed by atoms with E-state index in [0.29, 0.717) is 5.71 Å². The minimum Gasteiger partial charge on any atom is -0.478 e. The molecule has 0 unspecified atom stereocenters. The highest BCUT2D eigenvalue weighted by Gasteiger charge is 2.37. The second-order valence-corrected chi connectivity index (χ2v) is 9.56. The lowest BCUT2D eigenvalue weighted by molar-refractivity contribution is 0.0697. The molecule has 0 heterocycles. The van der Waals surface area contributed by atoms with E-state index in [9.17, 15) is 15.1 Å². The zero-order valence-electron chi connectivity index (χ0n) is 17.9. The molecular formula is C26H27NO3. The summed E-state index contributed by atoms with van der Waals surface area (Å²) in [6.07, 6.45) is 2.26. The van der Waals surface area contributed by atoms with Gasteiger partial charge in [-0.05, 0) is 69.8 Å². The van der Waals surface area contributed by atoms with Gasteiger partial charge in [-0.25, -0.2) is 4.79 Å². The number of aromatic carboxylic acids is 1. The van der Waals surface area contributed by atoms with Crippen LogP contribution in [0.25, 0.3) is 10.8 Å². The average Bonchev–Trinajstić information content (AvgIpc) is 2.71. The van der Waals surface area contributed by atoms with E-state index in [1.54, 1.807) is 18.2 Å². The average molecular weight is 402 g/mol. The van der Waals surface area contributed by atoms with Crippen LogP contribution in [-0.2, 0) is 10.8 Å². The quantitative estimate of drug-likeness (QED) is 0.316. The summed E-state index contributed by atoms with van der Waals surface area (Å²) < 4.78 is 0. The summed E-state index contributed by atoms with van der Waals surface area (Å²) in [7, 11) is 0. The summed E-state index contributed by atoms with van der Waals surface area (Å²) in [5.74, 6) is -0.946. The van der Waals surface area contributed by atoms with Gasteiger partial charge in [0, 0.05) is 11.1 Å². The Morgan fingerprint density at radius 3 is 1.87 bits per heavy atom. The maximum absolute atomic E-state index is 11.2. The van der Waals surface area contributed by atoms with Crippen molar-refractivity contribution in [2.24, 2.45) is 5.16 Å². The number of carboxylic acid groups (broad SMARTS) is 1. The Hall–Kier alpha value is -3.14. The van der Waals surface area contributed by atoms with Crippen LogP contribution in [0.5, 0.6) is 0 Å². The Kier molecular flexibility index (Phi) is 4.69. The largest absolute Gasteiger partial charge is 0.478 e. The van der Waals surface area contributed by atoms with Gasteiger partial charge in [-0.1, -0.05) is 63.2 Å². The smallest absolute Gasteiger partial charge is 0.335 e. The van der Waals surface area contributed by atoms with Crippen molar-refractivity contribution < 1.29 is 15.1 Å². The molecular weight excluding hydrogens is 374 g/mol. The van der Waals surface area contributed by atoms with E-state index in [0.717, 1.165) is 34.7 Å². The van der Waals surface area contributed by atoms with E-state index in [1.165, 1.54) is 11.1 Å². The third kappa shape index (κ3) is 3.36. The first-order chi connectivity index (χ1) is 14.1. The van der Waals surface area contributed by atoms with Gasteiger partial charge in [0.2, 0.25) is 0 Å². The molecule has 0 aromatic heterocycles. The molecule has 0 fully saturated rings. The maximum Gasteiger partial charge on any atom is 0.335 e. The highest BCUT2D eigenvalue weighted by Crippen LogP contribution is 2.46. The Labute approximate surface area is 176 Å². The van der Waals surface area contributed by atoms with Crippen molar-refractivity contribution in [2.75, 3.05) is 0 Å². The zero-order chi connectivity index (χ0) is 21.7.